The van der Waals surface area contributed by atoms with Crippen LogP contribution >= 0.6 is 0 Å². The Morgan fingerprint density at radius 1 is 1.00 bits per heavy atom. The summed E-state index contributed by atoms with van der Waals surface area (Å²) in [5, 5.41) is 2.91. The summed E-state index contributed by atoms with van der Waals surface area (Å²) in [4.78, 5) is 41.2. The number of piperazine rings is 1. The molecule has 2 fully saturated rings. The Morgan fingerprint density at radius 3 is 2.15 bits per heavy atom. The maximum atomic E-state index is 13.0. The van der Waals surface area contributed by atoms with Gasteiger partial charge in [-0.1, -0.05) is 44.2 Å². The zero-order chi connectivity index (χ0) is 19.4. The molecule has 1 N–H and O–H groups in total. The number of rotatable bonds is 6. The molecular weight excluding hydrogens is 342 g/mol. The van der Waals surface area contributed by atoms with Gasteiger partial charge in [0.15, 0.2) is 0 Å². The highest BCUT2D eigenvalue weighted by atomic mass is 16.2. The van der Waals surface area contributed by atoms with E-state index >= 15 is 0 Å². The van der Waals surface area contributed by atoms with E-state index in [1.165, 1.54) is 0 Å². The molecule has 1 unspecified atom stereocenters. The van der Waals surface area contributed by atoms with Gasteiger partial charge >= 0.3 is 0 Å². The third-order valence-corrected chi connectivity index (χ3v) is 5.29. The van der Waals surface area contributed by atoms with Crippen LogP contribution in [0.4, 0.5) is 0 Å². The number of hydrogen-bond donors (Lipinski definition) is 1. The Kier molecular flexibility index (Phi) is 6.14. The van der Waals surface area contributed by atoms with Crippen molar-refractivity contribution in [2.75, 3.05) is 26.2 Å². The monoisotopic (exact) mass is 371 g/mol. The van der Waals surface area contributed by atoms with Gasteiger partial charge in [-0.3, -0.25) is 14.4 Å². The molecule has 27 heavy (non-hydrogen) atoms. The van der Waals surface area contributed by atoms with Crippen molar-refractivity contribution in [3.63, 3.8) is 0 Å². The summed E-state index contributed by atoms with van der Waals surface area (Å²) in [5.41, 5.74) is 0.928. The standard InChI is InChI=1S/C21H29N3O3/c1-15(2)19(22-18(25)14-16-6-4-3-5-7-16)21(27)24-12-10-23(11-13-24)20(26)17-8-9-17/h3-7,15,17,19H,8-14H2,1-2H3,(H,22,25). The molecule has 1 aromatic carbocycles. The first-order chi connectivity index (χ1) is 13.0. The lowest BCUT2D eigenvalue weighted by molar-refractivity contribution is -0.143. The molecule has 0 spiro atoms. The fraction of sp³-hybridized carbons (Fsp3) is 0.571. The van der Waals surface area contributed by atoms with Crippen molar-refractivity contribution in [1.29, 1.82) is 0 Å². The lowest BCUT2D eigenvalue weighted by atomic mass is 10.0. The number of hydrogen-bond acceptors (Lipinski definition) is 3. The van der Waals surface area contributed by atoms with Crippen LogP contribution in [0.25, 0.3) is 0 Å². The molecule has 0 radical (unpaired) electrons. The normalized spacial score (nSPS) is 18.3. The summed E-state index contributed by atoms with van der Waals surface area (Å²) < 4.78 is 0. The predicted molar refractivity (Wildman–Crippen MR) is 103 cm³/mol. The average molecular weight is 371 g/mol. The van der Waals surface area contributed by atoms with Gasteiger partial charge < -0.3 is 15.1 Å². The third-order valence-electron chi connectivity index (χ3n) is 5.29. The summed E-state index contributed by atoms with van der Waals surface area (Å²) in [7, 11) is 0. The second kappa shape index (κ2) is 8.55. The van der Waals surface area contributed by atoms with Crippen molar-refractivity contribution in [3.05, 3.63) is 35.9 Å². The number of nitrogens with one attached hydrogen (secondary N) is 1. The first kappa shape index (κ1) is 19.4. The zero-order valence-electron chi connectivity index (χ0n) is 16.2. The molecule has 146 valence electrons. The van der Waals surface area contributed by atoms with Crippen molar-refractivity contribution < 1.29 is 14.4 Å². The Bertz CT molecular complexity index is 677. The van der Waals surface area contributed by atoms with Crippen LogP contribution in [0, 0.1) is 11.8 Å². The molecular formula is C21H29N3O3. The van der Waals surface area contributed by atoms with E-state index in [9.17, 15) is 14.4 Å². The average Bonchev–Trinajstić information content (AvgIpc) is 3.51. The molecule has 0 aromatic heterocycles. The van der Waals surface area contributed by atoms with Crippen molar-refractivity contribution >= 4 is 17.7 Å². The SMILES string of the molecule is CC(C)C(NC(=O)Cc1ccccc1)C(=O)N1CCN(C(=O)C2CC2)CC1. The summed E-state index contributed by atoms with van der Waals surface area (Å²) in [5.74, 6) is 0.260. The molecule has 1 aliphatic carbocycles. The molecule has 3 rings (SSSR count). The van der Waals surface area contributed by atoms with Gasteiger partial charge in [0.2, 0.25) is 17.7 Å². The predicted octanol–water partition coefficient (Wildman–Crippen LogP) is 1.45. The van der Waals surface area contributed by atoms with Gasteiger partial charge in [0.1, 0.15) is 6.04 Å². The van der Waals surface area contributed by atoms with E-state index < -0.39 is 6.04 Å². The highest BCUT2D eigenvalue weighted by Crippen LogP contribution is 2.31. The first-order valence-corrected chi connectivity index (χ1v) is 9.86. The minimum Gasteiger partial charge on any atom is -0.344 e. The molecule has 6 nitrogen and oxygen atoms in total. The summed E-state index contributed by atoms with van der Waals surface area (Å²) >= 11 is 0. The zero-order valence-corrected chi connectivity index (χ0v) is 16.2. The van der Waals surface area contributed by atoms with Crippen LogP contribution < -0.4 is 5.32 Å². The van der Waals surface area contributed by atoms with Crippen LogP contribution in [0.2, 0.25) is 0 Å². The summed E-state index contributed by atoms with van der Waals surface area (Å²) in [6.07, 6.45) is 2.27. The van der Waals surface area contributed by atoms with E-state index in [0.717, 1.165) is 18.4 Å². The van der Waals surface area contributed by atoms with Gasteiger partial charge in [0, 0.05) is 32.1 Å². The highest BCUT2D eigenvalue weighted by Gasteiger charge is 2.36. The van der Waals surface area contributed by atoms with E-state index in [0.29, 0.717) is 26.2 Å². The van der Waals surface area contributed by atoms with E-state index in [4.69, 9.17) is 0 Å². The van der Waals surface area contributed by atoms with Gasteiger partial charge in [0.25, 0.3) is 0 Å². The van der Waals surface area contributed by atoms with E-state index in [2.05, 4.69) is 5.32 Å². The summed E-state index contributed by atoms with van der Waals surface area (Å²) in [6.45, 7) is 6.13. The number of carbonyl (C=O) groups excluding carboxylic acids is 3. The first-order valence-electron chi connectivity index (χ1n) is 9.86. The smallest absolute Gasteiger partial charge is 0.245 e. The molecule has 0 bridgehead atoms. The molecule has 1 aliphatic heterocycles. The molecule has 1 heterocycles. The maximum absolute atomic E-state index is 13.0. The maximum Gasteiger partial charge on any atom is 0.245 e. The van der Waals surface area contributed by atoms with E-state index in [1.807, 2.05) is 49.1 Å². The van der Waals surface area contributed by atoms with Gasteiger partial charge in [-0.25, -0.2) is 0 Å². The number of benzene rings is 1. The van der Waals surface area contributed by atoms with E-state index in [1.54, 1.807) is 4.90 Å². The minimum absolute atomic E-state index is 0.00310. The van der Waals surface area contributed by atoms with Gasteiger partial charge in [-0.05, 0) is 24.3 Å². The molecule has 1 saturated carbocycles. The molecule has 1 atom stereocenters. The Labute approximate surface area is 160 Å². The summed E-state index contributed by atoms with van der Waals surface area (Å²) in [6, 6.07) is 8.98. The van der Waals surface area contributed by atoms with Crippen molar-refractivity contribution in [2.45, 2.75) is 39.2 Å². The molecule has 1 saturated heterocycles. The van der Waals surface area contributed by atoms with Crippen molar-refractivity contribution in [3.8, 4) is 0 Å². The van der Waals surface area contributed by atoms with Crippen LogP contribution in [0.1, 0.15) is 32.3 Å². The molecule has 6 heteroatoms. The minimum atomic E-state index is -0.535. The second-order valence-corrected chi connectivity index (χ2v) is 7.88. The van der Waals surface area contributed by atoms with Crippen molar-refractivity contribution in [2.24, 2.45) is 11.8 Å². The van der Waals surface area contributed by atoms with Crippen LogP contribution in [-0.4, -0.2) is 59.7 Å². The lowest BCUT2D eigenvalue weighted by Crippen LogP contribution is -2.57. The van der Waals surface area contributed by atoms with Gasteiger partial charge in [-0.2, -0.15) is 0 Å². The Morgan fingerprint density at radius 2 is 1.59 bits per heavy atom. The lowest BCUT2D eigenvalue weighted by Gasteiger charge is -2.37. The van der Waals surface area contributed by atoms with Crippen LogP contribution in [0.5, 0.6) is 0 Å². The molecule has 1 aromatic rings. The van der Waals surface area contributed by atoms with Crippen LogP contribution in [0.15, 0.2) is 30.3 Å². The van der Waals surface area contributed by atoms with Gasteiger partial charge in [0.05, 0.1) is 6.42 Å². The highest BCUT2D eigenvalue weighted by molar-refractivity contribution is 5.89. The Hall–Kier alpha value is -2.37. The van der Waals surface area contributed by atoms with Gasteiger partial charge in [-0.15, -0.1) is 0 Å². The second-order valence-electron chi connectivity index (χ2n) is 7.88. The number of nitrogens with zero attached hydrogens (tertiary/aromatic N) is 2. The molecule has 2 aliphatic rings. The largest absolute Gasteiger partial charge is 0.344 e. The van der Waals surface area contributed by atoms with Crippen LogP contribution in [-0.2, 0) is 20.8 Å². The number of carbonyl (C=O) groups is 3. The quantitative estimate of drug-likeness (QED) is 0.823. The van der Waals surface area contributed by atoms with E-state index in [-0.39, 0.29) is 36.0 Å². The number of amides is 3. The molecule has 3 amide bonds. The van der Waals surface area contributed by atoms with Crippen LogP contribution in [0.3, 0.4) is 0 Å². The van der Waals surface area contributed by atoms with Crippen molar-refractivity contribution in [1.82, 2.24) is 15.1 Å². The Balaban J connectivity index is 1.54. The topological polar surface area (TPSA) is 69.7 Å². The fourth-order valence-electron chi connectivity index (χ4n) is 3.45. The fourth-order valence-corrected chi connectivity index (χ4v) is 3.45. The third kappa shape index (κ3) is 5.08.